The number of thiophene rings is 1. The summed E-state index contributed by atoms with van der Waals surface area (Å²) in [4.78, 5) is 30.5. The summed E-state index contributed by atoms with van der Waals surface area (Å²) in [5.74, 6) is -0.256. The van der Waals surface area contributed by atoms with Crippen LogP contribution in [0.4, 0.5) is 0 Å². The van der Waals surface area contributed by atoms with Crippen molar-refractivity contribution in [3.63, 3.8) is 0 Å². The third-order valence-electron chi connectivity index (χ3n) is 4.17. The second-order valence-electron chi connectivity index (χ2n) is 5.95. The fourth-order valence-electron chi connectivity index (χ4n) is 2.59. The van der Waals surface area contributed by atoms with Crippen molar-refractivity contribution in [1.82, 2.24) is 14.9 Å². The minimum absolute atomic E-state index is 0.0851. The second kappa shape index (κ2) is 8.39. The fraction of sp³-hybridized carbons (Fsp3) is 0.588. The number of aliphatic hydroxyl groups is 1. The number of carbonyl (C=O) groups excluding carboxylic acids is 1. The highest BCUT2D eigenvalue weighted by atomic mass is 32.1. The van der Waals surface area contributed by atoms with E-state index >= 15 is 0 Å². The Labute approximate surface area is 145 Å². The number of hydrogen-bond donors (Lipinski definition) is 2. The summed E-state index contributed by atoms with van der Waals surface area (Å²) < 4.78 is 1.63. The Balaban J connectivity index is 2.34. The van der Waals surface area contributed by atoms with E-state index in [1.807, 2.05) is 6.92 Å². The zero-order valence-electron chi connectivity index (χ0n) is 14.5. The number of hydrogen-bond acceptors (Lipinski definition) is 5. The van der Waals surface area contributed by atoms with Crippen LogP contribution in [0.15, 0.2) is 11.1 Å². The maximum Gasteiger partial charge on any atom is 0.262 e. The molecule has 2 rings (SSSR count). The van der Waals surface area contributed by atoms with Crippen molar-refractivity contribution in [2.75, 3.05) is 6.61 Å². The topological polar surface area (TPSA) is 84.2 Å². The third kappa shape index (κ3) is 3.84. The monoisotopic (exact) mass is 351 g/mol. The first-order valence-electron chi connectivity index (χ1n) is 8.43. The number of carbonyl (C=O) groups is 1. The highest BCUT2D eigenvalue weighted by Gasteiger charge is 2.20. The molecular formula is C17H25N3O3S. The summed E-state index contributed by atoms with van der Waals surface area (Å²) in [6.07, 6.45) is 5.32. The molecule has 0 aromatic carbocycles. The molecule has 2 aromatic heterocycles. The van der Waals surface area contributed by atoms with E-state index < -0.39 is 0 Å². The van der Waals surface area contributed by atoms with Gasteiger partial charge in [0.15, 0.2) is 0 Å². The number of nitrogens with one attached hydrogen (secondary N) is 1. The normalized spacial score (nSPS) is 12.5. The first-order valence-corrected chi connectivity index (χ1v) is 9.25. The van der Waals surface area contributed by atoms with E-state index in [9.17, 15) is 14.7 Å². The quantitative estimate of drug-likeness (QED) is 0.716. The van der Waals surface area contributed by atoms with Crippen molar-refractivity contribution in [3.05, 3.63) is 27.1 Å². The molecule has 2 N–H and O–H groups in total. The Morgan fingerprint density at radius 1 is 1.42 bits per heavy atom. The Bertz CT molecular complexity index is 762. The lowest BCUT2D eigenvalue weighted by atomic mass is 10.2. The van der Waals surface area contributed by atoms with Crippen molar-refractivity contribution in [3.8, 4) is 0 Å². The van der Waals surface area contributed by atoms with Crippen LogP contribution in [0, 0.1) is 6.92 Å². The van der Waals surface area contributed by atoms with Crippen LogP contribution in [0.25, 0.3) is 10.2 Å². The van der Waals surface area contributed by atoms with Gasteiger partial charge >= 0.3 is 0 Å². The Morgan fingerprint density at radius 3 is 2.79 bits per heavy atom. The summed E-state index contributed by atoms with van der Waals surface area (Å²) in [5.41, 5.74) is 0.584. The van der Waals surface area contributed by atoms with Gasteiger partial charge in [-0.25, -0.2) is 4.98 Å². The predicted octanol–water partition coefficient (Wildman–Crippen LogP) is 2.46. The number of aromatic nitrogens is 2. The van der Waals surface area contributed by atoms with Crippen molar-refractivity contribution < 1.29 is 9.90 Å². The van der Waals surface area contributed by atoms with E-state index in [4.69, 9.17) is 0 Å². The molecule has 0 aliphatic rings. The Hall–Kier alpha value is -1.73. The molecule has 0 aliphatic carbocycles. The highest BCUT2D eigenvalue weighted by Crippen LogP contribution is 2.26. The summed E-state index contributed by atoms with van der Waals surface area (Å²) >= 11 is 1.23. The SMILES string of the molecule is CCCCCn1cnc2sc(C(=O)NC(CC)CO)c(C)c2c1=O. The fourth-order valence-corrected chi connectivity index (χ4v) is 3.64. The van der Waals surface area contributed by atoms with Crippen LogP contribution in [-0.4, -0.2) is 33.2 Å². The van der Waals surface area contributed by atoms with Gasteiger partial charge in [-0.15, -0.1) is 11.3 Å². The van der Waals surface area contributed by atoms with Gasteiger partial charge < -0.3 is 10.4 Å². The Kier molecular flexibility index (Phi) is 6.51. The minimum Gasteiger partial charge on any atom is -0.394 e. The van der Waals surface area contributed by atoms with Crippen molar-refractivity contribution in [2.45, 2.75) is 59.0 Å². The van der Waals surface area contributed by atoms with E-state index in [0.717, 1.165) is 19.3 Å². The van der Waals surface area contributed by atoms with Crippen LogP contribution >= 0.6 is 11.3 Å². The summed E-state index contributed by atoms with van der Waals surface area (Å²) in [7, 11) is 0. The van der Waals surface area contributed by atoms with Gasteiger partial charge in [0.1, 0.15) is 4.83 Å². The molecule has 1 atom stereocenters. The lowest BCUT2D eigenvalue weighted by Gasteiger charge is -2.13. The minimum atomic E-state index is -0.277. The molecule has 0 spiro atoms. The zero-order valence-corrected chi connectivity index (χ0v) is 15.3. The molecule has 0 saturated carbocycles. The van der Waals surface area contributed by atoms with Gasteiger partial charge in [-0.2, -0.15) is 0 Å². The van der Waals surface area contributed by atoms with Crippen LogP contribution in [0.1, 0.15) is 54.8 Å². The Morgan fingerprint density at radius 2 is 2.17 bits per heavy atom. The molecule has 7 heteroatoms. The molecule has 0 aliphatic heterocycles. The number of amides is 1. The maximum absolute atomic E-state index is 12.7. The summed E-state index contributed by atoms with van der Waals surface area (Å²) in [6, 6.07) is -0.277. The average molecular weight is 351 g/mol. The largest absolute Gasteiger partial charge is 0.394 e. The molecule has 0 fully saturated rings. The first-order chi connectivity index (χ1) is 11.5. The van der Waals surface area contributed by atoms with Gasteiger partial charge in [0.25, 0.3) is 11.5 Å². The second-order valence-corrected chi connectivity index (χ2v) is 6.95. The van der Waals surface area contributed by atoms with Gasteiger partial charge in [-0.05, 0) is 25.3 Å². The summed E-state index contributed by atoms with van der Waals surface area (Å²) in [6.45, 7) is 6.35. The molecule has 1 unspecified atom stereocenters. The molecule has 132 valence electrons. The first kappa shape index (κ1) is 18.6. The molecule has 24 heavy (non-hydrogen) atoms. The molecule has 2 heterocycles. The molecule has 6 nitrogen and oxygen atoms in total. The van der Waals surface area contributed by atoms with Crippen LogP contribution in [0.2, 0.25) is 0 Å². The van der Waals surface area contributed by atoms with Crippen LogP contribution in [-0.2, 0) is 6.54 Å². The smallest absolute Gasteiger partial charge is 0.262 e. The van der Waals surface area contributed by atoms with Crippen molar-refractivity contribution in [2.24, 2.45) is 0 Å². The van der Waals surface area contributed by atoms with Gasteiger partial charge in [-0.3, -0.25) is 14.2 Å². The van der Waals surface area contributed by atoms with E-state index in [2.05, 4.69) is 17.2 Å². The molecule has 1 amide bonds. The van der Waals surface area contributed by atoms with Crippen molar-refractivity contribution >= 4 is 27.5 Å². The third-order valence-corrected chi connectivity index (χ3v) is 5.37. The van der Waals surface area contributed by atoms with Crippen LogP contribution in [0.5, 0.6) is 0 Å². The number of nitrogens with zero attached hydrogens (tertiary/aromatic N) is 2. The standard InChI is InChI=1S/C17H25N3O3S/c1-4-6-7-8-20-10-18-16-13(17(20)23)11(3)14(24-16)15(22)19-12(5-2)9-21/h10,12,21H,4-9H2,1-3H3,(H,19,22). The van der Waals surface area contributed by atoms with E-state index in [1.54, 1.807) is 17.8 Å². The van der Waals surface area contributed by atoms with Gasteiger partial charge in [0, 0.05) is 6.54 Å². The molecular weight excluding hydrogens is 326 g/mol. The van der Waals surface area contributed by atoms with E-state index in [-0.39, 0.29) is 24.1 Å². The lowest BCUT2D eigenvalue weighted by Crippen LogP contribution is -2.36. The lowest BCUT2D eigenvalue weighted by molar-refractivity contribution is 0.0918. The zero-order chi connectivity index (χ0) is 17.7. The van der Waals surface area contributed by atoms with Crippen LogP contribution < -0.4 is 10.9 Å². The number of aliphatic hydroxyl groups excluding tert-OH is 1. The van der Waals surface area contributed by atoms with Crippen LogP contribution in [0.3, 0.4) is 0 Å². The number of aryl methyl sites for hydroxylation is 2. The van der Waals surface area contributed by atoms with E-state index in [0.29, 0.717) is 33.6 Å². The number of fused-ring (bicyclic) bond motifs is 1. The predicted molar refractivity (Wildman–Crippen MR) is 96.8 cm³/mol. The molecule has 0 saturated heterocycles. The average Bonchev–Trinajstić information content (AvgIpc) is 2.92. The number of unbranched alkanes of at least 4 members (excludes halogenated alkanes) is 2. The van der Waals surface area contributed by atoms with Gasteiger partial charge in [-0.1, -0.05) is 26.7 Å². The van der Waals surface area contributed by atoms with Gasteiger partial charge in [0.2, 0.25) is 0 Å². The molecule has 0 bridgehead atoms. The maximum atomic E-state index is 12.7. The summed E-state index contributed by atoms with van der Waals surface area (Å²) in [5, 5.41) is 12.6. The van der Waals surface area contributed by atoms with Crippen molar-refractivity contribution in [1.29, 1.82) is 0 Å². The molecule has 0 radical (unpaired) electrons. The number of rotatable bonds is 8. The molecule has 2 aromatic rings. The van der Waals surface area contributed by atoms with Gasteiger partial charge in [0.05, 0.1) is 29.2 Å². The highest BCUT2D eigenvalue weighted by molar-refractivity contribution is 7.20. The van der Waals surface area contributed by atoms with E-state index in [1.165, 1.54) is 11.3 Å².